The predicted molar refractivity (Wildman–Crippen MR) is 113 cm³/mol. The molecule has 0 saturated heterocycles. The van der Waals surface area contributed by atoms with Crippen molar-refractivity contribution in [1.29, 1.82) is 0 Å². The van der Waals surface area contributed by atoms with E-state index in [0.717, 1.165) is 35.5 Å². The molecule has 0 aromatic carbocycles. The first-order valence-corrected chi connectivity index (χ1v) is 11.6. The van der Waals surface area contributed by atoms with Crippen molar-refractivity contribution >= 4 is 0 Å². The largest absolute Gasteiger partial charge is 0.0683 e. The molecule has 0 aliphatic heterocycles. The Labute approximate surface area is 159 Å². The molecule has 0 aromatic heterocycles. The van der Waals surface area contributed by atoms with Crippen LogP contribution in [0.5, 0.6) is 0 Å². The summed E-state index contributed by atoms with van der Waals surface area (Å²) in [6, 6.07) is 0. The average Bonchev–Trinajstić information content (AvgIpc) is 2.89. The lowest BCUT2D eigenvalue weighted by Gasteiger charge is -2.55. The Bertz CT molecular complexity index is 445. The molecule has 6 aliphatic carbocycles. The fourth-order valence-corrected chi connectivity index (χ4v) is 7.19. The Morgan fingerprint density at radius 1 is 0.840 bits per heavy atom. The molecule has 0 amide bonds. The van der Waals surface area contributed by atoms with Crippen LogP contribution < -0.4 is 0 Å². The molecule has 0 spiro atoms. The summed E-state index contributed by atoms with van der Waals surface area (Å²) in [6.45, 7) is 23.7. The molecular formula is C25H48. The summed E-state index contributed by atoms with van der Waals surface area (Å²) < 4.78 is 0. The van der Waals surface area contributed by atoms with Gasteiger partial charge in [0.25, 0.3) is 0 Å². The molecule has 4 bridgehead atoms. The summed E-state index contributed by atoms with van der Waals surface area (Å²) in [5.41, 5.74) is 2.06. The minimum Gasteiger partial charge on any atom is -0.0683 e. The van der Waals surface area contributed by atoms with Gasteiger partial charge in [-0.2, -0.15) is 0 Å². The van der Waals surface area contributed by atoms with E-state index in [1.165, 1.54) is 38.5 Å². The van der Waals surface area contributed by atoms with Gasteiger partial charge in [0.05, 0.1) is 0 Å². The molecule has 0 aromatic rings. The maximum atomic E-state index is 2.54. The molecule has 8 unspecified atom stereocenters. The van der Waals surface area contributed by atoms with Gasteiger partial charge >= 0.3 is 0 Å². The topological polar surface area (TPSA) is 0 Å². The highest BCUT2D eigenvalue weighted by molar-refractivity contribution is 5.13. The molecule has 6 fully saturated rings. The number of fused-ring (bicyclic) bond motifs is 4. The fraction of sp³-hybridized carbons (Fsp3) is 1.00. The molecule has 6 saturated carbocycles. The first-order valence-electron chi connectivity index (χ1n) is 11.6. The minimum atomic E-state index is 0.659. The van der Waals surface area contributed by atoms with Crippen LogP contribution in [0.1, 0.15) is 108 Å². The monoisotopic (exact) mass is 348 g/mol. The third kappa shape index (κ3) is 3.02. The van der Waals surface area contributed by atoms with Crippen LogP contribution in [-0.4, -0.2) is 0 Å². The van der Waals surface area contributed by atoms with Gasteiger partial charge in [-0.05, 0) is 77.4 Å². The summed E-state index contributed by atoms with van der Waals surface area (Å²) >= 11 is 0. The molecule has 0 heteroatoms. The third-order valence-corrected chi connectivity index (χ3v) is 10.5. The Kier molecular flexibility index (Phi) is 6.13. The maximum Gasteiger partial charge on any atom is -0.0243 e. The van der Waals surface area contributed by atoms with Gasteiger partial charge in [-0.3, -0.25) is 0 Å². The lowest BCUT2D eigenvalue weighted by atomic mass is 9.50. The first-order chi connectivity index (χ1) is 11.6. The zero-order valence-electron chi connectivity index (χ0n) is 19.2. The van der Waals surface area contributed by atoms with Gasteiger partial charge in [0.2, 0.25) is 0 Å². The van der Waals surface area contributed by atoms with E-state index in [1.807, 2.05) is 13.8 Å². The molecule has 6 aliphatic rings. The van der Waals surface area contributed by atoms with E-state index in [9.17, 15) is 0 Å². The van der Waals surface area contributed by atoms with Crippen molar-refractivity contribution < 1.29 is 0 Å². The second-order valence-electron chi connectivity index (χ2n) is 11.0. The van der Waals surface area contributed by atoms with Gasteiger partial charge < -0.3 is 0 Å². The number of hydrogen-bond acceptors (Lipinski definition) is 0. The summed E-state index contributed by atoms with van der Waals surface area (Å²) in [6.07, 6.45) is 8.92. The lowest BCUT2D eigenvalue weighted by molar-refractivity contribution is -0.0640. The standard InChI is InChI=1S/C13H24.C10H18.C2H6/c1-5-13(4)11-7-6-9(2)10(3)12(13)8-11;1-7-5-8-6-10(7,4)9(8,2)3;1-2/h9-12H,5-8H2,1-4H3;7-8H,5-6H2,1-4H3;1-2H3. The van der Waals surface area contributed by atoms with Gasteiger partial charge in [0.15, 0.2) is 0 Å². The SMILES string of the molecule is CC.CC1CC2CC1(C)C2(C)C.CCC1(C)C2CCC(C)C(C)C1C2. The van der Waals surface area contributed by atoms with E-state index in [-0.39, 0.29) is 0 Å². The molecule has 0 nitrogen and oxygen atoms in total. The van der Waals surface area contributed by atoms with Gasteiger partial charge in [0.1, 0.15) is 0 Å². The number of rotatable bonds is 1. The van der Waals surface area contributed by atoms with Crippen LogP contribution in [0.15, 0.2) is 0 Å². The summed E-state index contributed by atoms with van der Waals surface area (Å²) in [4.78, 5) is 0. The van der Waals surface area contributed by atoms with Crippen molar-refractivity contribution in [1.82, 2.24) is 0 Å². The summed E-state index contributed by atoms with van der Waals surface area (Å²) in [5.74, 6) is 6.09. The van der Waals surface area contributed by atoms with E-state index >= 15 is 0 Å². The zero-order chi connectivity index (χ0) is 19.2. The van der Waals surface area contributed by atoms with Crippen molar-refractivity contribution in [3.8, 4) is 0 Å². The molecule has 25 heavy (non-hydrogen) atoms. The molecule has 148 valence electrons. The van der Waals surface area contributed by atoms with Crippen LogP contribution in [0.25, 0.3) is 0 Å². The fourth-order valence-electron chi connectivity index (χ4n) is 7.19. The molecule has 8 atom stereocenters. The Morgan fingerprint density at radius 2 is 1.44 bits per heavy atom. The van der Waals surface area contributed by atoms with Crippen molar-refractivity contribution in [2.24, 2.45) is 51.8 Å². The normalized spacial score (nSPS) is 51.6. The van der Waals surface area contributed by atoms with E-state index in [4.69, 9.17) is 0 Å². The average molecular weight is 349 g/mol. The Hall–Kier alpha value is 0. The van der Waals surface area contributed by atoms with Gasteiger partial charge in [0, 0.05) is 0 Å². The van der Waals surface area contributed by atoms with Crippen LogP contribution in [-0.2, 0) is 0 Å². The van der Waals surface area contributed by atoms with E-state index in [2.05, 4.69) is 55.4 Å². The highest BCUT2D eigenvalue weighted by Crippen LogP contribution is 2.72. The van der Waals surface area contributed by atoms with Gasteiger partial charge in [-0.15, -0.1) is 0 Å². The van der Waals surface area contributed by atoms with Crippen LogP contribution >= 0.6 is 0 Å². The Balaban J connectivity index is 0.000000168. The van der Waals surface area contributed by atoms with Crippen molar-refractivity contribution in [3.05, 3.63) is 0 Å². The first kappa shape index (κ1) is 21.3. The van der Waals surface area contributed by atoms with Gasteiger partial charge in [-0.1, -0.05) is 82.1 Å². The predicted octanol–water partition coefficient (Wildman–Crippen LogP) is 8.21. The molecule has 0 radical (unpaired) electrons. The van der Waals surface area contributed by atoms with Crippen LogP contribution in [0.2, 0.25) is 0 Å². The lowest BCUT2D eigenvalue weighted by Crippen LogP contribution is -2.48. The molecule has 6 rings (SSSR count). The molecular weight excluding hydrogens is 300 g/mol. The Morgan fingerprint density at radius 3 is 1.80 bits per heavy atom. The third-order valence-electron chi connectivity index (χ3n) is 10.5. The maximum absolute atomic E-state index is 2.54. The van der Waals surface area contributed by atoms with E-state index in [1.54, 1.807) is 0 Å². The van der Waals surface area contributed by atoms with E-state index in [0.29, 0.717) is 16.2 Å². The van der Waals surface area contributed by atoms with Crippen molar-refractivity contribution in [2.45, 2.75) is 108 Å². The highest BCUT2D eigenvalue weighted by Gasteiger charge is 2.64. The minimum absolute atomic E-state index is 0.659. The smallest absolute Gasteiger partial charge is 0.0243 e. The van der Waals surface area contributed by atoms with Crippen molar-refractivity contribution in [3.63, 3.8) is 0 Å². The van der Waals surface area contributed by atoms with Crippen LogP contribution in [0.3, 0.4) is 0 Å². The second-order valence-corrected chi connectivity index (χ2v) is 11.0. The summed E-state index contributed by atoms with van der Waals surface area (Å²) in [5, 5.41) is 0. The highest BCUT2D eigenvalue weighted by atomic mass is 14.7. The number of hydrogen-bond donors (Lipinski definition) is 0. The quantitative estimate of drug-likeness (QED) is 0.448. The van der Waals surface area contributed by atoms with E-state index < -0.39 is 0 Å². The van der Waals surface area contributed by atoms with Crippen LogP contribution in [0, 0.1) is 51.8 Å². The second kappa shape index (κ2) is 7.20. The van der Waals surface area contributed by atoms with Gasteiger partial charge in [-0.25, -0.2) is 0 Å². The summed E-state index contributed by atoms with van der Waals surface area (Å²) in [7, 11) is 0. The van der Waals surface area contributed by atoms with Crippen LogP contribution in [0.4, 0.5) is 0 Å². The molecule has 0 N–H and O–H groups in total. The zero-order valence-corrected chi connectivity index (χ0v) is 19.2. The molecule has 0 heterocycles. The van der Waals surface area contributed by atoms with Crippen molar-refractivity contribution in [2.75, 3.05) is 0 Å².